The number of carboxylic acids is 1. The Bertz CT molecular complexity index is 2170. The number of ether oxygens (including phenoxy) is 5. The van der Waals surface area contributed by atoms with E-state index in [0.717, 1.165) is 11.1 Å². The highest BCUT2D eigenvalue weighted by atomic mass is 35.5. The molecule has 0 radical (unpaired) electrons. The van der Waals surface area contributed by atoms with Gasteiger partial charge in [0.15, 0.2) is 5.72 Å². The van der Waals surface area contributed by atoms with Gasteiger partial charge in [-0.25, -0.2) is 9.59 Å². The maximum atomic E-state index is 14.3. The van der Waals surface area contributed by atoms with E-state index < -0.39 is 88.7 Å². The quantitative estimate of drug-likeness (QED) is 0.147. The zero-order valence-electron chi connectivity index (χ0n) is 39.3. The second-order valence-corrected chi connectivity index (χ2v) is 20.3. The third kappa shape index (κ3) is 11.6. The first kappa shape index (κ1) is 51.7. The van der Waals surface area contributed by atoms with Crippen molar-refractivity contribution >= 4 is 70.7 Å². The number of carboxylic acid groups (broad SMARTS) is 1. The van der Waals surface area contributed by atoms with Crippen LogP contribution in [0.2, 0.25) is 5.02 Å². The van der Waals surface area contributed by atoms with Crippen LogP contribution in [0.4, 0.5) is 10.5 Å². The molecule has 0 spiro atoms. The van der Waals surface area contributed by atoms with Crippen molar-refractivity contribution in [1.82, 2.24) is 15.1 Å². The zero-order valence-corrected chi connectivity index (χ0v) is 40.9. The van der Waals surface area contributed by atoms with Gasteiger partial charge in [-0.3, -0.25) is 34.2 Å². The molecule has 1 aromatic carbocycles. The lowest BCUT2D eigenvalue weighted by Gasteiger charge is -2.42. The number of esters is 1. The lowest BCUT2D eigenvalue weighted by atomic mass is 9.82. The van der Waals surface area contributed by atoms with Crippen molar-refractivity contribution in [3.05, 3.63) is 46.5 Å². The first-order valence-corrected chi connectivity index (χ1v) is 24.1. The van der Waals surface area contributed by atoms with Crippen LogP contribution in [0.15, 0.2) is 35.9 Å². The van der Waals surface area contributed by atoms with Crippen LogP contribution in [-0.2, 0) is 54.1 Å². The largest absolute Gasteiger partial charge is 0.495 e. The molecule has 4 aliphatic heterocycles. The Morgan fingerprint density at radius 1 is 1.09 bits per heavy atom. The molecule has 3 N–H and O–H groups in total. The Labute approximate surface area is 400 Å². The molecule has 5 amide bonds. The molecule has 18 nitrogen and oxygen atoms in total. The average Bonchev–Trinajstić information content (AvgIpc) is 3.91. The van der Waals surface area contributed by atoms with E-state index in [1.54, 1.807) is 45.2 Å². The Morgan fingerprint density at radius 2 is 1.79 bits per heavy atom. The maximum absolute atomic E-state index is 14.3. The summed E-state index contributed by atoms with van der Waals surface area (Å²) >= 11 is 8.00. The summed E-state index contributed by atoms with van der Waals surface area (Å²) in [6, 6.07) is 2.40. The molecule has 4 bridgehead atoms. The van der Waals surface area contributed by atoms with E-state index in [0.29, 0.717) is 43.5 Å². The molecule has 1 unspecified atom stereocenters. The van der Waals surface area contributed by atoms with E-state index in [1.807, 2.05) is 13.0 Å². The molecule has 20 heteroatoms. The number of halogens is 1. The van der Waals surface area contributed by atoms with Gasteiger partial charge in [0.25, 0.3) is 0 Å². The van der Waals surface area contributed by atoms with Crippen LogP contribution >= 0.6 is 23.4 Å². The van der Waals surface area contributed by atoms with Gasteiger partial charge in [-0.05, 0) is 76.5 Å². The highest BCUT2D eigenvalue weighted by molar-refractivity contribution is 8.00. The molecule has 6 rings (SSSR count). The fourth-order valence-corrected chi connectivity index (χ4v) is 10.9. The van der Waals surface area contributed by atoms with E-state index in [4.69, 9.17) is 35.3 Å². The molecule has 4 fully saturated rings. The van der Waals surface area contributed by atoms with E-state index in [1.165, 1.54) is 54.7 Å². The number of aliphatic carboxylic acids is 1. The summed E-state index contributed by atoms with van der Waals surface area (Å²) in [5.41, 5.74) is -1.16. The number of aliphatic hydroxyl groups is 1. The number of imide groups is 1. The molecule has 9 atom stereocenters. The Kier molecular flexibility index (Phi) is 16.4. The normalized spacial score (nSPS) is 33.1. The van der Waals surface area contributed by atoms with Gasteiger partial charge in [-0.15, -0.1) is 11.8 Å². The first-order valence-electron chi connectivity index (χ1n) is 22.6. The monoisotopic (exact) mass is 974 g/mol. The number of methoxy groups -OCH3 is 2. The highest BCUT2D eigenvalue weighted by Crippen LogP contribution is 2.49. The van der Waals surface area contributed by atoms with Crippen LogP contribution in [0.5, 0.6) is 5.75 Å². The number of nitrogens with one attached hydrogen (secondary N) is 1. The van der Waals surface area contributed by atoms with E-state index in [2.05, 4.69) is 5.32 Å². The summed E-state index contributed by atoms with van der Waals surface area (Å²) < 4.78 is 29.4. The second kappa shape index (κ2) is 21.3. The van der Waals surface area contributed by atoms with Crippen LogP contribution in [0, 0.1) is 17.8 Å². The standard InChI is InChI=1S/C47H63ClN4O14S/c1-25-10-9-11-35(63-8)47(61)23-33(64-45(60)49-47)26(2)41-46(4,66-41)36(22-38(54)51(6)31-19-29(18-25)20-32(62-7)40(31)48)65-44(59)27(3)50(5)37(53)16-17-67-34-21-39(55)52(42(34)56)24-28-12-14-30(15-13-28)43(57)58/h9-11,19-20,26-28,30,33-36,41,61H,12-18,21-24H2,1-8H3,(H,49,60)(H,57,58)/b11-9+,25-10+/t26-,27+,28?,30?,33+,34?,35-,36+,41-,46+,47+/m1/s1. The number of carbonyl (C=O) groups is 7. The molecule has 4 heterocycles. The van der Waals surface area contributed by atoms with Crippen molar-refractivity contribution in [2.75, 3.05) is 45.5 Å². The van der Waals surface area contributed by atoms with Crippen LogP contribution in [-0.4, -0.2) is 149 Å². The number of benzene rings is 1. The number of hydrogen-bond acceptors (Lipinski definition) is 14. The number of likely N-dealkylation sites (tertiary alicyclic amines) is 1. The molecule has 1 aromatic rings. The average molecular weight is 976 g/mol. The third-order valence-corrected chi connectivity index (χ3v) is 15.6. The molecule has 1 aliphatic carbocycles. The summed E-state index contributed by atoms with van der Waals surface area (Å²) in [6.07, 6.45) is 2.63. The number of amides is 5. The minimum Gasteiger partial charge on any atom is -0.495 e. The van der Waals surface area contributed by atoms with Gasteiger partial charge < -0.3 is 43.7 Å². The molecular formula is C47H63ClN4O14S. The van der Waals surface area contributed by atoms with Crippen molar-refractivity contribution in [2.45, 2.75) is 133 Å². The van der Waals surface area contributed by atoms with Crippen molar-refractivity contribution < 1.29 is 67.5 Å². The van der Waals surface area contributed by atoms with Crippen molar-refractivity contribution in [3.63, 3.8) is 0 Å². The zero-order chi connectivity index (χ0) is 49.1. The van der Waals surface area contributed by atoms with E-state index >= 15 is 0 Å². The van der Waals surface area contributed by atoms with Gasteiger partial charge in [-0.2, -0.15) is 0 Å². The number of alkyl carbamates (subject to hydrolysis) is 1. The third-order valence-electron chi connectivity index (χ3n) is 14.0. The number of nitrogens with zero attached hydrogens (tertiary/aromatic N) is 3. The SMILES string of the molecule is COc1cc2cc(c1Cl)N(C)C(=O)C[C@H](OC(=O)[C@H](C)N(C)C(=O)CCSC1CC(=O)N(CC3CCC(C(=O)O)CC3)C1=O)[C@]1(C)O[C@@H]1[C@H](C)[C@@H]1C[C@@](O)(NC(=O)O1)[C@H](OC)/C=C/C=C(\C)C2. The van der Waals surface area contributed by atoms with Crippen LogP contribution in [0.1, 0.15) is 84.6 Å². The molecule has 5 aliphatic rings. The fourth-order valence-electron chi connectivity index (χ4n) is 9.51. The van der Waals surface area contributed by atoms with Gasteiger partial charge in [0, 0.05) is 58.7 Å². The molecule has 3 saturated heterocycles. The van der Waals surface area contributed by atoms with E-state index in [9.17, 15) is 43.8 Å². The number of likely N-dealkylation sites (N-methyl/N-ethyl adjacent to an activating group) is 1. The number of hydrogen-bond donors (Lipinski definition) is 3. The summed E-state index contributed by atoms with van der Waals surface area (Å²) in [5, 5.41) is 23.2. The Balaban J connectivity index is 1.16. The van der Waals surface area contributed by atoms with Gasteiger partial charge in [0.1, 0.15) is 40.7 Å². The Morgan fingerprint density at radius 3 is 2.45 bits per heavy atom. The summed E-state index contributed by atoms with van der Waals surface area (Å²) in [5.74, 6) is -3.58. The summed E-state index contributed by atoms with van der Waals surface area (Å²) in [6.45, 7) is 7.10. The topological polar surface area (TPSA) is 231 Å². The molecule has 1 saturated carbocycles. The number of anilines is 1. The van der Waals surface area contributed by atoms with Crippen LogP contribution < -0.4 is 15.0 Å². The molecule has 0 aromatic heterocycles. The first-order chi connectivity index (χ1) is 31.6. The number of fused-ring (bicyclic) bond motifs is 5. The predicted octanol–water partition coefficient (Wildman–Crippen LogP) is 4.66. The fraction of sp³-hybridized carbons (Fsp3) is 0.638. The number of carbonyl (C=O) groups excluding carboxylic acids is 6. The highest BCUT2D eigenvalue weighted by Gasteiger charge is 2.64. The lowest BCUT2D eigenvalue weighted by Crippen LogP contribution is -2.63. The maximum Gasteiger partial charge on any atom is 0.409 e. The minimum atomic E-state index is -1.88. The Hall–Kier alpha value is -4.69. The van der Waals surface area contributed by atoms with Crippen molar-refractivity contribution in [1.29, 1.82) is 0 Å². The van der Waals surface area contributed by atoms with Gasteiger partial charge >= 0.3 is 18.0 Å². The molecular weight excluding hydrogens is 912 g/mol. The number of allylic oxidation sites excluding steroid dienone is 3. The van der Waals surface area contributed by atoms with Gasteiger partial charge in [0.2, 0.25) is 23.6 Å². The van der Waals surface area contributed by atoms with Gasteiger partial charge in [0.05, 0.1) is 36.5 Å². The smallest absolute Gasteiger partial charge is 0.409 e. The van der Waals surface area contributed by atoms with Crippen molar-refractivity contribution in [2.24, 2.45) is 17.8 Å². The number of thioether (sulfide) groups is 1. The van der Waals surface area contributed by atoms with Gasteiger partial charge in [-0.1, -0.05) is 42.3 Å². The molecule has 67 heavy (non-hydrogen) atoms. The summed E-state index contributed by atoms with van der Waals surface area (Å²) in [7, 11) is 5.87. The number of epoxide rings is 1. The van der Waals surface area contributed by atoms with Crippen LogP contribution in [0.25, 0.3) is 0 Å². The minimum absolute atomic E-state index is 0.00460. The number of rotatable bonds is 12. The molecule has 368 valence electrons. The lowest BCUT2D eigenvalue weighted by molar-refractivity contribution is -0.162. The predicted molar refractivity (Wildman–Crippen MR) is 246 cm³/mol. The van der Waals surface area contributed by atoms with Crippen LogP contribution in [0.3, 0.4) is 0 Å². The second-order valence-electron chi connectivity index (χ2n) is 18.6. The van der Waals surface area contributed by atoms with Crippen molar-refractivity contribution in [3.8, 4) is 5.75 Å². The van der Waals surface area contributed by atoms with E-state index in [-0.39, 0.29) is 60.7 Å². The summed E-state index contributed by atoms with van der Waals surface area (Å²) in [4.78, 5) is 96.2.